The van der Waals surface area contributed by atoms with E-state index in [4.69, 9.17) is 4.74 Å². The predicted octanol–water partition coefficient (Wildman–Crippen LogP) is 1.97. The molecule has 2 N–H and O–H groups in total. The third-order valence-corrected chi connectivity index (χ3v) is 3.41. The Balaban J connectivity index is 2.04. The molecule has 2 aromatic rings. The Morgan fingerprint density at radius 1 is 1.53 bits per heavy atom. The average Bonchev–Trinajstić information content (AvgIpc) is 2.68. The normalized spacial score (nSPS) is 13.1. The van der Waals surface area contributed by atoms with Gasteiger partial charge in [0.15, 0.2) is 5.16 Å². The fourth-order valence-corrected chi connectivity index (χ4v) is 2.38. The van der Waals surface area contributed by atoms with Crippen LogP contribution in [0.4, 0.5) is 0 Å². The monoisotopic (exact) mass is 252 g/mol. The van der Waals surface area contributed by atoms with Crippen LogP contribution in [-0.4, -0.2) is 40.6 Å². The van der Waals surface area contributed by atoms with Crippen molar-refractivity contribution in [1.82, 2.24) is 9.97 Å². The second-order valence-corrected chi connectivity index (χ2v) is 4.99. The number of nitrogens with zero attached hydrogens (tertiary/aromatic N) is 1. The first-order valence-electron chi connectivity index (χ1n) is 5.45. The lowest BCUT2D eigenvalue weighted by Gasteiger charge is -2.06. The lowest BCUT2D eigenvalue weighted by atomic mass is 10.2. The number of methoxy groups -OCH3 is 1. The first-order valence-corrected chi connectivity index (χ1v) is 6.44. The highest BCUT2D eigenvalue weighted by Crippen LogP contribution is 2.20. The number of aliphatic hydroxyl groups excluding tert-OH is 1. The number of rotatable bonds is 5. The van der Waals surface area contributed by atoms with Crippen molar-refractivity contribution < 1.29 is 9.84 Å². The molecular formula is C12H16N2O2S. The van der Waals surface area contributed by atoms with E-state index < -0.39 is 6.10 Å². The van der Waals surface area contributed by atoms with Gasteiger partial charge in [-0.25, -0.2) is 4.98 Å². The van der Waals surface area contributed by atoms with E-state index in [9.17, 15) is 5.11 Å². The van der Waals surface area contributed by atoms with Crippen molar-refractivity contribution in [1.29, 1.82) is 0 Å². The van der Waals surface area contributed by atoms with Gasteiger partial charge in [-0.05, 0) is 24.6 Å². The smallest absolute Gasteiger partial charge is 0.166 e. The zero-order chi connectivity index (χ0) is 12.3. The van der Waals surface area contributed by atoms with E-state index in [0.29, 0.717) is 12.4 Å². The van der Waals surface area contributed by atoms with Gasteiger partial charge in [0, 0.05) is 12.9 Å². The van der Waals surface area contributed by atoms with E-state index in [0.717, 1.165) is 16.2 Å². The third kappa shape index (κ3) is 3.21. The molecule has 92 valence electrons. The molecule has 1 heterocycles. The first-order chi connectivity index (χ1) is 8.19. The average molecular weight is 252 g/mol. The Hall–Kier alpha value is -1.04. The number of H-pyrrole nitrogens is 1. The van der Waals surface area contributed by atoms with Crippen LogP contribution in [0.5, 0.6) is 0 Å². The molecule has 0 bridgehead atoms. The molecule has 0 spiro atoms. The van der Waals surface area contributed by atoms with Crippen molar-refractivity contribution in [2.24, 2.45) is 0 Å². The number of thioether (sulfide) groups is 1. The van der Waals surface area contributed by atoms with E-state index in [-0.39, 0.29) is 0 Å². The number of aromatic amines is 1. The molecule has 0 radical (unpaired) electrons. The SMILES string of the molecule is COCC(O)CSc1nc2ccc(C)cc2[nH]1. The summed E-state index contributed by atoms with van der Waals surface area (Å²) in [5.74, 6) is 0.576. The number of fused-ring (bicyclic) bond motifs is 1. The number of ether oxygens (including phenoxy) is 1. The Morgan fingerprint density at radius 2 is 2.35 bits per heavy atom. The van der Waals surface area contributed by atoms with Gasteiger partial charge in [0.25, 0.3) is 0 Å². The summed E-state index contributed by atoms with van der Waals surface area (Å²) in [7, 11) is 1.58. The van der Waals surface area contributed by atoms with Crippen molar-refractivity contribution in [2.75, 3.05) is 19.5 Å². The van der Waals surface area contributed by atoms with Gasteiger partial charge in [-0.1, -0.05) is 17.8 Å². The molecule has 0 saturated carbocycles. The predicted molar refractivity (Wildman–Crippen MR) is 69.4 cm³/mol. The Morgan fingerprint density at radius 3 is 3.12 bits per heavy atom. The molecule has 17 heavy (non-hydrogen) atoms. The molecule has 0 aliphatic carbocycles. The van der Waals surface area contributed by atoms with E-state index in [1.54, 1.807) is 7.11 Å². The number of aryl methyl sites for hydroxylation is 1. The van der Waals surface area contributed by atoms with Gasteiger partial charge in [-0.3, -0.25) is 0 Å². The molecule has 0 fully saturated rings. The van der Waals surface area contributed by atoms with Crippen LogP contribution >= 0.6 is 11.8 Å². The molecule has 5 heteroatoms. The lowest BCUT2D eigenvalue weighted by Crippen LogP contribution is -2.16. The molecule has 0 aliphatic rings. The summed E-state index contributed by atoms with van der Waals surface area (Å²) in [6.45, 7) is 2.40. The summed E-state index contributed by atoms with van der Waals surface area (Å²) in [6.07, 6.45) is -0.458. The van der Waals surface area contributed by atoms with Gasteiger partial charge in [-0.2, -0.15) is 0 Å². The Bertz CT molecular complexity index is 498. The van der Waals surface area contributed by atoms with Gasteiger partial charge in [0.1, 0.15) is 0 Å². The van der Waals surface area contributed by atoms with Gasteiger partial charge in [0.2, 0.25) is 0 Å². The van der Waals surface area contributed by atoms with Gasteiger partial charge in [-0.15, -0.1) is 0 Å². The maximum atomic E-state index is 9.54. The van der Waals surface area contributed by atoms with Crippen LogP contribution < -0.4 is 0 Å². The molecular weight excluding hydrogens is 236 g/mol. The summed E-state index contributed by atoms with van der Waals surface area (Å²) >= 11 is 1.50. The molecule has 0 aliphatic heterocycles. The largest absolute Gasteiger partial charge is 0.390 e. The number of imidazole rings is 1. The van der Waals surface area contributed by atoms with Crippen LogP contribution in [0.2, 0.25) is 0 Å². The standard InChI is InChI=1S/C12H16N2O2S/c1-8-3-4-10-11(5-8)14-12(13-10)17-7-9(15)6-16-2/h3-5,9,15H,6-7H2,1-2H3,(H,13,14). The quantitative estimate of drug-likeness (QED) is 0.799. The highest BCUT2D eigenvalue weighted by atomic mass is 32.2. The van der Waals surface area contributed by atoms with Crippen molar-refractivity contribution >= 4 is 22.8 Å². The van der Waals surface area contributed by atoms with Crippen molar-refractivity contribution in [2.45, 2.75) is 18.2 Å². The van der Waals surface area contributed by atoms with E-state index in [1.165, 1.54) is 17.3 Å². The van der Waals surface area contributed by atoms with E-state index in [1.807, 2.05) is 12.1 Å². The second kappa shape index (κ2) is 5.53. The third-order valence-electron chi connectivity index (χ3n) is 2.39. The fourth-order valence-electron chi connectivity index (χ4n) is 1.58. The molecule has 4 nitrogen and oxygen atoms in total. The number of hydrogen-bond donors (Lipinski definition) is 2. The molecule has 0 saturated heterocycles. The summed E-state index contributed by atoms with van der Waals surface area (Å²) in [4.78, 5) is 7.68. The molecule has 1 aromatic carbocycles. The molecule has 1 unspecified atom stereocenters. The number of aliphatic hydroxyl groups is 1. The molecule has 2 rings (SSSR count). The number of aromatic nitrogens is 2. The van der Waals surface area contributed by atoms with Gasteiger partial charge in [0.05, 0.1) is 23.7 Å². The highest BCUT2D eigenvalue weighted by Gasteiger charge is 2.07. The van der Waals surface area contributed by atoms with Crippen LogP contribution in [0.1, 0.15) is 5.56 Å². The number of hydrogen-bond acceptors (Lipinski definition) is 4. The zero-order valence-electron chi connectivity index (χ0n) is 9.93. The highest BCUT2D eigenvalue weighted by molar-refractivity contribution is 7.99. The topological polar surface area (TPSA) is 58.1 Å². The second-order valence-electron chi connectivity index (χ2n) is 3.98. The molecule has 0 amide bonds. The van der Waals surface area contributed by atoms with Gasteiger partial charge < -0.3 is 14.8 Å². The van der Waals surface area contributed by atoms with Gasteiger partial charge >= 0.3 is 0 Å². The molecule has 1 aromatic heterocycles. The minimum absolute atomic E-state index is 0.354. The molecule has 1 atom stereocenters. The summed E-state index contributed by atoms with van der Waals surface area (Å²) in [5, 5.41) is 10.4. The van der Waals surface area contributed by atoms with Crippen molar-refractivity contribution in [3.63, 3.8) is 0 Å². The maximum absolute atomic E-state index is 9.54. The van der Waals surface area contributed by atoms with Crippen LogP contribution in [0, 0.1) is 6.92 Å². The van der Waals surface area contributed by atoms with Crippen LogP contribution in [-0.2, 0) is 4.74 Å². The zero-order valence-corrected chi connectivity index (χ0v) is 10.8. The Labute approximate surface area is 104 Å². The van der Waals surface area contributed by atoms with Crippen molar-refractivity contribution in [3.05, 3.63) is 23.8 Å². The van der Waals surface area contributed by atoms with Crippen LogP contribution in [0.15, 0.2) is 23.4 Å². The number of benzene rings is 1. The lowest BCUT2D eigenvalue weighted by molar-refractivity contribution is 0.0794. The first kappa shape index (κ1) is 12.4. The minimum atomic E-state index is -0.458. The summed E-state index contributed by atoms with van der Waals surface area (Å²) in [5.41, 5.74) is 3.20. The van der Waals surface area contributed by atoms with Crippen LogP contribution in [0.25, 0.3) is 11.0 Å². The minimum Gasteiger partial charge on any atom is -0.390 e. The van der Waals surface area contributed by atoms with E-state index in [2.05, 4.69) is 23.0 Å². The summed E-state index contributed by atoms with van der Waals surface area (Å²) in [6, 6.07) is 6.10. The summed E-state index contributed by atoms with van der Waals surface area (Å²) < 4.78 is 4.87. The van der Waals surface area contributed by atoms with Crippen molar-refractivity contribution in [3.8, 4) is 0 Å². The van der Waals surface area contributed by atoms with E-state index >= 15 is 0 Å². The maximum Gasteiger partial charge on any atom is 0.166 e. The Kier molecular flexibility index (Phi) is 4.04. The van der Waals surface area contributed by atoms with Crippen LogP contribution in [0.3, 0.4) is 0 Å². The number of nitrogens with one attached hydrogen (secondary N) is 1. The fraction of sp³-hybridized carbons (Fsp3) is 0.417.